The first kappa shape index (κ1) is 26.5. The third kappa shape index (κ3) is 5.80. The number of amides is 4. The molecule has 0 radical (unpaired) electrons. The van der Waals surface area contributed by atoms with E-state index in [0.717, 1.165) is 69.3 Å². The third-order valence-corrected chi connectivity index (χ3v) is 7.87. The van der Waals surface area contributed by atoms with Crippen molar-refractivity contribution in [2.24, 2.45) is 5.92 Å². The van der Waals surface area contributed by atoms with Gasteiger partial charge in [0, 0.05) is 69.4 Å². The van der Waals surface area contributed by atoms with Crippen molar-refractivity contribution in [3.63, 3.8) is 0 Å². The molecule has 3 saturated heterocycles. The summed E-state index contributed by atoms with van der Waals surface area (Å²) in [6.45, 7) is 10.4. The highest BCUT2D eigenvalue weighted by molar-refractivity contribution is 6.06. The lowest BCUT2D eigenvalue weighted by atomic mass is 9.95. The van der Waals surface area contributed by atoms with Crippen LogP contribution in [0, 0.1) is 11.7 Å². The number of ether oxygens (including phenoxy) is 1. The normalized spacial score (nSPS) is 20.7. The monoisotopic (exact) mass is 527 g/mol. The van der Waals surface area contributed by atoms with Crippen LogP contribution in [-0.4, -0.2) is 77.3 Å². The Morgan fingerprint density at radius 1 is 1.05 bits per heavy atom. The molecule has 0 aliphatic carbocycles. The van der Waals surface area contributed by atoms with E-state index in [-0.39, 0.29) is 30.7 Å². The summed E-state index contributed by atoms with van der Waals surface area (Å²) in [5.41, 5.74) is 0.559. The number of hydrogen-bond acceptors (Lipinski definition) is 5. The quantitative estimate of drug-likeness (QED) is 0.632. The molecule has 3 fully saturated rings. The number of likely N-dealkylation sites (tertiary alicyclic amines) is 2. The molecule has 0 spiro atoms. The Morgan fingerprint density at radius 3 is 2.42 bits per heavy atom. The van der Waals surface area contributed by atoms with Crippen molar-refractivity contribution < 1.29 is 23.5 Å². The molecule has 3 aliphatic rings. The van der Waals surface area contributed by atoms with Crippen molar-refractivity contribution >= 4 is 34.6 Å². The molecule has 5 rings (SSSR count). The second-order valence-electron chi connectivity index (χ2n) is 11.8. The third-order valence-electron chi connectivity index (χ3n) is 7.87. The minimum absolute atomic E-state index is 0.158. The van der Waals surface area contributed by atoms with E-state index >= 15 is 4.39 Å². The van der Waals surface area contributed by atoms with Crippen LogP contribution in [0.25, 0.3) is 10.9 Å². The zero-order valence-corrected chi connectivity index (χ0v) is 22.5. The lowest BCUT2D eigenvalue weighted by molar-refractivity contribution is -0.120. The smallest absolute Gasteiger partial charge is 0.410 e. The van der Waals surface area contributed by atoms with Gasteiger partial charge in [0.05, 0.1) is 11.2 Å². The summed E-state index contributed by atoms with van der Waals surface area (Å²) in [6, 6.07) is 4.89. The number of fused-ring (bicyclic) bond motifs is 1. The van der Waals surface area contributed by atoms with Gasteiger partial charge >= 0.3 is 12.1 Å². The van der Waals surface area contributed by atoms with Crippen LogP contribution < -0.4 is 10.2 Å². The van der Waals surface area contributed by atoms with E-state index in [1.165, 1.54) is 11.0 Å². The van der Waals surface area contributed by atoms with Crippen LogP contribution in [0.3, 0.4) is 0 Å². The first-order valence-electron chi connectivity index (χ1n) is 13.7. The maximum atomic E-state index is 15.1. The van der Waals surface area contributed by atoms with Crippen LogP contribution in [0.1, 0.15) is 58.9 Å². The van der Waals surface area contributed by atoms with Crippen LogP contribution in [0.15, 0.2) is 24.4 Å². The maximum absolute atomic E-state index is 15.1. The SMILES string of the molecule is CC(C)(C)OC(=O)N1CCC(CN2CCC(n3ccc4cc(N5CCC(=O)NC5=O)c(F)cc43)CC2)CC1. The first-order valence-corrected chi connectivity index (χ1v) is 13.7. The van der Waals surface area contributed by atoms with Crippen molar-refractivity contribution in [3.05, 3.63) is 30.2 Å². The van der Waals surface area contributed by atoms with Crippen LogP contribution in [0.5, 0.6) is 0 Å². The Kier molecular flexibility index (Phi) is 7.35. The maximum Gasteiger partial charge on any atom is 0.410 e. The number of hydrogen-bond donors (Lipinski definition) is 1. The highest BCUT2D eigenvalue weighted by Gasteiger charge is 2.30. The predicted molar refractivity (Wildman–Crippen MR) is 143 cm³/mol. The van der Waals surface area contributed by atoms with Crippen LogP contribution >= 0.6 is 0 Å². The standard InChI is InChI=1S/C28H38FN5O4/c1-28(2,3)38-27(37)32-12-4-19(5-13-32)18-31-10-7-21(8-11-31)33-14-6-20-16-24(22(29)17-23(20)33)34-15-9-25(35)30-26(34)36/h6,14,16-17,19,21H,4-5,7-13,15,18H2,1-3H3,(H,30,35,36). The lowest BCUT2D eigenvalue weighted by Crippen LogP contribution is -2.49. The van der Waals surface area contributed by atoms with Crippen LogP contribution in [0.4, 0.5) is 19.7 Å². The van der Waals surface area contributed by atoms with Gasteiger partial charge in [0.1, 0.15) is 11.4 Å². The first-order chi connectivity index (χ1) is 18.1. The van der Waals surface area contributed by atoms with Gasteiger partial charge in [-0.3, -0.25) is 15.0 Å². The van der Waals surface area contributed by atoms with Gasteiger partial charge in [-0.25, -0.2) is 14.0 Å². The van der Waals surface area contributed by atoms with E-state index < -0.39 is 17.4 Å². The zero-order chi connectivity index (χ0) is 27.0. The molecule has 0 bridgehead atoms. The Bertz CT molecular complexity index is 1210. The minimum atomic E-state index is -0.582. The van der Waals surface area contributed by atoms with Gasteiger partial charge in [-0.05, 0) is 64.5 Å². The molecule has 4 amide bonds. The predicted octanol–water partition coefficient (Wildman–Crippen LogP) is 4.51. The molecule has 1 aromatic heterocycles. The molecule has 206 valence electrons. The van der Waals surface area contributed by atoms with Crippen LogP contribution in [0.2, 0.25) is 0 Å². The fraction of sp³-hybridized carbons (Fsp3) is 0.607. The Hall–Kier alpha value is -3.14. The van der Waals surface area contributed by atoms with E-state index in [4.69, 9.17) is 4.74 Å². The van der Waals surface area contributed by atoms with Gasteiger partial charge in [-0.15, -0.1) is 0 Å². The number of piperidine rings is 2. The number of halogens is 1. The largest absolute Gasteiger partial charge is 0.444 e. The van der Waals surface area contributed by atoms with Gasteiger partial charge in [0.25, 0.3) is 0 Å². The molecule has 3 aliphatic heterocycles. The van der Waals surface area contributed by atoms with Gasteiger partial charge in [-0.2, -0.15) is 0 Å². The number of carbonyl (C=O) groups is 3. The second-order valence-corrected chi connectivity index (χ2v) is 11.8. The van der Waals surface area contributed by atoms with E-state index in [1.54, 1.807) is 6.07 Å². The average Bonchev–Trinajstić information content (AvgIpc) is 3.26. The number of imide groups is 1. The number of nitrogens with zero attached hydrogens (tertiary/aromatic N) is 4. The molecule has 0 unspecified atom stereocenters. The fourth-order valence-corrected chi connectivity index (χ4v) is 5.85. The lowest BCUT2D eigenvalue weighted by Gasteiger charge is -2.38. The molecule has 9 nitrogen and oxygen atoms in total. The topological polar surface area (TPSA) is 87.1 Å². The summed E-state index contributed by atoms with van der Waals surface area (Å²) in [5, 5.41) is 3.14. The van der Waals surface area contributed by atoms with Crippen molar-refractivity contribution in [1.82, 2.24) is 19.7 Å². The number of nitrogens with one attached hydrogen (secondary N) is 1. The molecular formula is C28H38FN5O4. The van der Waals surface area contributed by atoms with E-state index in [0.29, 0.717) is 12.0 Å². The summed E-state index contributed by atoms with van der Waals surface area (Å²) in [6.07, 6.45) is 5.92. The van der Waals surface area contributed by atoms with Crippen LogP contribution in [-0.2, 0) is 9.53 Å². The van der Waals surface area contributed by atoms with Gasteiger partial charge in [0.15, 0.2) is 0 Å². The van der Waals surface area contributed by atoms with Gasteiger partial charge in [-0.1, -0.05) is 0 Å². The molecule has 1 N–H and O–H groups in total. The summed E-state index contributed by atoms with van der Waals surface area (Å²) in [7, 11) is 0. The molecule has 1 aromatic carbocycles. The highest BCUT2D eigenvalue weighted by Crippen LogP contribution is 2.33. The summed E-state index contributed by atoms with van der Waals surface area (Å²) in [4.78, 5) is 41.6. The molecule has 0 atom stereocenters. The highest BCUT2D eigenvalue weighted by atomic mass is 19.1. The number of carbonyl (C=O) groups excluding carboxylic acids is 3. The minimum Gasteiger partial charge on any atom is -0.444 e. The van der Waals surface area contributed by atoms with Crippen molar-refractivity contribution in [2.75, 3.05) is 44.2 Å². The Labute approximate surface area is 222 Å². The van der Waals surface area contributed by atoms with Gasteiger partial charge in [0.2, 0.25) is 5.91 Å². The summed E-state index contributed by atoms with van der Waals surface area (Å²) in [5.74, 6) is -0.221. The number of urea groups is 1. The molecule has 2 aromatic rings. The van der Waals surface area contributed by atoms with Crippen molar-refractivity contribution in [3.8, 4) is 0 Å². The molecule has 38 heavy (non-hydrogen) atoms. The number of rotatable bonds is 4. The summed E-state index contributed by atoms with van der Waals surface area (Å²) < 4.78 is 22.8. The van der Waals surface area contributed by atoms with E-state index in [9.17, 15) is 14.4 Å². The molecular weight excluding hydrogens is 489 g/mol. The van der Waals surface area contributed by atoms with Gasteiger partial charge < -0.3 is 19.1 Å². The zero-order valence-electron chi connectivity index (χ0n) is 22.5. The Morgan fingerprint density at radius 2 is 1.76 bits per heavy atom. The second kappa shape index (κ2) is 10.6. The molecule has 10 heteroatoms. The van der Waals surface area contributed by atoms with E-state index in [1.807, 2.05) is 37.9 Å². The molecule has 4 heterocycles. The van der Waals surface area contributed by atoms with Crippen molar-refractivity contribution in [2.45, 2.75) is 64.5 Å². The Balaban J connectivity index is 1.15. The fourth-order valence-electron chi connectivity index (χ4n) is 5.85. The average molecular weight is 528 g/mol. The number of anilines is 1. The number of aromatic nitrogens is 1. The number of benzene rings is 1. The summed E-state index contributed by atoms with van der Waals surface area (Å²) >= 11 is 0. The van der Waals surface area contributed by atoms with Crippen molar-refractivity contribution in [1.29, 1.82) is 0 Å². The molecule has 0 saturated carbocycles. The van der Waals surface area contributed by atoms with E-state index in [2.05, 4.69) is 14.8 Å².